The summed E-state index contributed by atoms with van der Waals surface area (Å²) in [7, 11) is 0. The maximum atomic E-state index is 12.7. The van der Waals surface area contributed by atoms with Crippen molar-refractivity contribution in [1.82, 2.24) is 9.78 Å². The van der Waals surface area contributed by atoms with Gasteiger partial charge in [0.25, 0.3) is 0 Å². The van der Waals surface area contributed by atoms with Crippen molar-refractivity contribution in [3.63, 3.8) is 0 Å². The largest absolute Gasteiger partial charge is 0.477 e. The molecule has 0 radical (unpaired) electrons. The Balaban J connectivity index is 3.20. The summed E-state index contributed by atoms with van der Waals surface area (Å²) in [6, 6.07) is -0.0100. The molecule has 0 saturated carbocycles. The molecule has 0 bridgehead atoms. The van der Waals surface area contributed by atoms with Gasteiger partial charge in [-0.3, -0.25) is 4.68 Å². The van der Waals surface area contributed by atoms with Gasteiger partial charge >= 0.3 is 24.5 Å². The lowest BCUT2D eigenvalue weighted by molar-refractivity contribution is -0.146. The molecule has 0 aliphatic rings. The number of carboxylic acids is 1. The average molecular weight is 294 g/mol. The molecule has 1 N–H and O–H groups in total. The summed E-state index contributed by atoms with van der Waals surface area (Å²) in [5.74, 6) is -6.69. The Labute approximate surface area is 100.0 Å². The van der Waals surface area contributed by atoms with Crippen molar-refractivity contribution in [3.05, 3.63) is 17.5 Å². The van der Waals surface area contributed by atoms with Crippen molar-refractivity contribution < 1.29 is 40.6 Å². The van der Waals surface area contributed by atoms with Gasteiger partial charge in [-0.2, -0.15) is 27.1 Å². The standard InChI is InChI=1S/C8H5F7N2O2/c9-6(10)7(11,12)2-17-3(5(18)19)1-4(16-17)8(13,14)15/h1,6H,2H2,(H,18,19). The van der Waals surface area contributed by atoms with E-state index in [9.17, 15) is 35.5 Å². The summed E-state index contributed by atoms with van der Waals surface area (Å²) in [6.07, 6.45) is -9.23. The molecule has 11 heteroatoms. The molecule has 108 valence electrons. The van der Waals surface area contributed by atoms with E-state index in [1.807, 2.05) is 0 Å². The van der Waals surface area contributed by atoms with Crippen LogP contribution in [0.15, 0.2) is 6.07 Å². The SMILES string of the molecule is O=C(O)c1cc(C(F)(F)F)nn1CC(F)(F)C(F)F. The van der Waals surface area contributed by atoms with Crippen molar-refractivity contribution in [2.45, 2.75) is 25.1 Å². The Bertz CT molecular complexity index is 480. The van der Waals surface area contributed by atoms with Crippen LogP contribution in [0.3, 0.4) is 0 Å². The van der Waals surface area contributed by atoms with E-state index in [0.717, 1.165) is 0 Å². The first-order valence-electron chi connectivity index (χ1n) is 4.49. The summed E-state index contributed by atoms with van der Waals surface area (Å²) in [6.45, 7) is -1.97. The molecule has 0 fully saturated rings. The molecular weight excluding hydrogens is 289 g/mol. The number of hydrogen-bond donors (Lipinski definition) is 1. The highest BCUT2D eigenvalue weighted by molar-refractivity contribution is 5.85. The van der Waals surface area contributed by atoms with Crippen LogP contribution < -0.4 is 0 Å². The van der Waals surface area contributed by atoms with Gasteiger partial charge in [0, 0.05) is 6.07 Å². The number of halogens is 7. The smallest absolute Gasteiger partial charge is 0.435 e. The predicted octanol–water partition coefficient (Wildman–Crippen LogP) is 2.50. The fourth-order valence-corrected chi connectivity index (χ4v) is 1.12. The molecular formula is C8H5F7N2O2. The summed E-state index contributed by atoms with van der Waals surface area (Å²) in [4.78, 5) is 10.6. The third kappa shape index (κ3) is 3.35. The zero-order valence-electron chi connectivity index (χ0n) is 8.76. The molecule has 0 aromatic carbocycles. The van der Waals surface area contributed by atoms with Gasteiger partial charge in [0.2, 0.25) is 0 Å². The van der Waals surface area contributed by atoms with Crippen LogP contribution in [0.4, 0.5) is 30.7 Å². The molecule has 1 aromatic rings. The van der Waals surface area contributed by atoms with Gasteiger partial charge in [-0.15, -0.1) is 0 Å². The third-order valence-corrected chi connectivity index (χ3v) is 1.97. The molecule has 0 aliphatic carbocycles. The van der Waals surface area contributed by atoms with Crippen LogP contribution in [0.2, 0.25) is 0 Å². The highest BCUT2D eigenvalue weighted by Gasteiger charge is 2.43. The molecule has 0 saturated heterocycles. The predicted molar refractivity (Wildman–Crippen MR) is 45.1 cm³/mol. The number of aromatic carboxylic acids is 1. The molecule has 0 spiro atoms. The van der Waals surface area contributed by atoms with E-state index in [4.69, 9.17) is 5.11 Å². The average Bonchev–Trinajstić information content (AvgIpc) is 2.59. The monoisotopic (exact) mass is 294 g/mol. The third-order valence-electron chi connectivity index (χ3n) is 1.97. The van der Waals surface area contributed by atoms with Gasteiger partial charge in [0.15, 0.2) is 5.69 Å². The molecule has 0 aliphatic heterocycles. The van der Waals surface area contributed by atoms with Gasteiger partial charge < -0.3 is 5.11 Å². The van der Waals surface area contributed by atoms with Gasteiger partial charge in [0.05, 0.1) is 0 Å². The summed E-state index contributed by atoms with van der Waals surface area (Å²) in [5.41, 5.74) is -3.01. The summed E-state index contributed by atoms with van der Waals surface area (Å²) in [5, 5.41) is 11.1. The molecule has 0 unspecified atom stereocenters. The summed E-state index contributed by atoms with van der Waals surface area (Å²) >= 11 is 0. The van der Waals surface area contributed by atoms with Crippen LogP contribution in [0.5, 0.6) is 0 Å². The van der Waals surface area contributed by atoms with Crippen molar-refractivity contribution in [2.75, 3.05) is 0 Å². The second-order valence-corrected chi connectivity index (χ2v) is 3.44. The molecule has 1 heterocycles. The van der Waals surface area contributed by atoms with Gasteiger partial charge in [-0.25, -0.2) is 13.6 Å². The maximum Gasteiger partial charge on any atom is 0.435 e. The normalized spacial score (nSPS) is 13.1. The molecule has 0 amide bonds. The Morgan fingerprint density at radius 3 is 2.21 bits per heavy atom. The van der Waals surface area contributed by atoms with E-state index >= 15 is 0 Å². The first-order valence-corrected chi connectivity index (χ1v) is 4.49. The Morgan fingerprint density at radius 2 is 1.84 bits per heavy atom. The van der Waals surface area contributed by atoms with E-state index in [2.05, 4.69) is 5.10 Å². The van der Waals surface area contributed by atoms with Crippen molar-refractivity contribution in [2.24, 2.45) is 0 Å². The van der Waals surface area contributed by atoms with Crippen LogP contribution in [0, 0.1) is 0 Å². The van der Waals surface area contributed by atoms with Crippen molar-refractivity contribution >= 4 is 5.97 Å². The second-order valence-electron chi connectivity index (χ2n) is 3.44. The number of carboxylic acid groups (broad SMARTS) is 1. The minimum Gasteiger partial charge on any atom is -0.477 e. The van der Waals surface area contributed by atoms with Crippen molar-refractivity contribution in [3.8, 4) is 0 Å². The molecule has 4 nitrogen and oxygen atoms in total. The molecule has 1 rings (SSSR count). The number of nitrogens with zero attached hydrogens (tertiary/aromatic N) is 2. The van der Waals surface area contributed by atoms with Gasteiger partial charge in [-0.05, 0) is 0 Å². The van der Waals surface area contributed by atoms with E-state index in [0.29, 0.717) is 0 Å². The lowest BCUT2D eigenvalue weighted by Crippen LogP contribution is -2.33. The Kier molecular flexibility index (Phi) is 3.77. The maximum absolute atomic E-state index is 12.7. The Morgan fingerprint density at radius 1 is 1.32 bits per heavy atom. The number of carbonyl (C=O) groups is 1. The molecule has 19 heavy (non-hydrogen) atoms. The number of alkyl halides is 7. The van der Waals surface area contributed by atoms with Gasteiger partial charge in [0.1, 0.15) is 12.2 Å². The van der Waals surface area contributed by atoms with Crippen molar-refractivity contribution in [1.29, 1.82) is 0 Å². The zero-order valence-corrected chi connectivity index (χ0v) is 8.76. The topological polar surface area (TPSA) is 55.1 Å². The highest BCUT2D eigenvalue weighted by Crippen LogP contribution is 2.30. The van der Waals surface area contributed by atoms with Crippen LogP contribution >= 0.6 is 0 Å². The first kappa shape index (κ1) is 15.2. The molecule has 1 aromatic heterocycles. The van der Waals surface area contributed by atoms with Crippen LogP contribution in [0.25, 0.3) is 0 Å². The van der Waals surface area contributed by atoms with E-state index < -0.39 is 42.4 Å². The minimum atomic E-state index is -5.07. The van der Waals surface area contributed by atoms with Crippen LogP contribution in [-0.2, 0) is 12.7 Å². The lowest BCUT2D eigenvalue weighted by Gasteiger charge is -2.15. The Hall–Kier alpha value is -1.81. The van der Waals surface area contributed by atoms with E-state index in [-0.39, 0.29) is 10.7 Å². The molecule has 0 atom stereocenters. The van der Waals surface area contributed by atoms with Crippen LogP contribution in [0.1, 0.15) is 16.2 Å². The second kappa shape index (κ2) is 4.70. The van der Waals surface area contributed by atoms with Crippen LogP contribution in [-0.4, -0.2) is 33.2 Å². The number of hydrogen-bond acceptors (Lipinski definition) is 2. The minimum absolute atomic E-state index is 0.0100. The fourth-order valence-electron chi connectivity index (χ4n) is 1.12. The fraction of sp³-hybridized carbons (Fsp3) is 0.500. The highest BCUT2D eigenvalue weighted by atomic mass is 19.4. The lowest BCUT2D eigenvalue weighted by atomic mass is 10.3. The first-order chi connectivity index (χ1) is 8.45. The summed E-state index contributed by atoms with van der Waals surface area (Å²) < 4.78 is 85.6. The number of aromatic nitrogens is 2. The van der Waals surface area contributed by atoms with Gasteiger partial charge in [-0.1, -0.05) is 0 Å². The zero-order chi connectivity index (χ0) is 15.0. The van der Waals surface area contributed by atoms with E-state index in [1.165, 1.54) is 0 Å². The number of rotatable bonds is 4. The quantitative estimate of drug-likeness (QED) is 0.868. The van der Waals surface area contributed by atoms with E-state index in [1.54, 1.807) is 0 Å².